The third-order valence-corrected chi connectivity index (χ3v) is 11.7. The minimum Gasteiger partial charge on any atom is -0.481 e. The number of fused-ring (bicyclic) bond motifs is 12. The maximum atomic E-state index is 12.1. The molecule has 0 radical (unpaired) electrons. The molecule has 0 bridgehead atoms. The molecule has 0 aliphatic carbocycles. The molecule has 0 saturated heterocycles. The zero-order chi connectivity index (χ0) is 40.1. The van der Waals surface area contributed by atoms with Gasteiger partial charge in [-0.2, -0.15) is 15.1 Å². The highest BCUT2D eigenvalue weighted by atomic mass is 16.5. The second-order valence-electron chi connectivity index (χ2n) is 15.6. The van der Waals surface area contributed by atoms with Gasteiger partial charge in [-0.1, -0.05) is 105 Å². The maximum Gasteiger partial charge on any atom is 0.309 e. The molecule has 0 fully saturated rings. The number of carbonyl (C=O) groups excluding carboxylic acids is 1. The van der Waals surface area contributed by atoms with E-state index in [0.717, 1.165) is 71.3 Å². The molecular weight excluding hydrogens is 709 g/mol. The Labute approximate surface area is 331 Å². The second kappa shape index (κ2) is 14.2. The first-order valence-electron chi connectivity index (χ1n) is 19.1. The van der Waals surface area contributed by atoms with Crippen LogP contribution in [0.3, 0.4) is 0 Å². The van der Waals surface area contributed by atoms with Crippen LogP contribution in [0.15, 0.2) is 132 Å². The highest BCUT2D eigenvalue weighted by Gasteiger charge is 2.50. The summed E-state index contributed by atoms with van der Waals surface area (Å²) in [5.41, 5.74) is 4.92. The van der Waals surface area contributed by atoms with E-state index >= 15 is 0 Å². The van der Waals surface area contributed by atoms with Gasteiger partial charge < -0.3 is 14.7 Å². The summed E-state index contributed by atoms with van der Waals surface area (Å²) in [6.07, 6.45) is 5.17. The molecule has 0 saturated carbocycles. The number of benzene rings is 6. The van der Waals surface area contributed by atoms with E-state index in [9.17, 15) is 25.2 Å². The Morgan fingerprint density at radius 3 is 1.84 bits per heavy atom. The monoisotopic (exact) mass is 749 g/mol. The largest absolute Gasteiger partial charge is 0.481 e. The quantitative estimate of drug-likeness (QED) is 0.0370. The van der Waals surface area contributed by atoms with Gasteiger partial charge in [0.25, 0.3) is 6.47 Å². The van der Waals surface area contributed by atoms with Crippen molar-refractivity contribution in [3.63, 3.8) is 0 Å². The SMILES string of the molecule is CC1(C)C(/C(C#N)=C/C(C#N)=C/C=C2\N(CCOC=O)c3c(c4ccccc4c4ccccc34)C2(C)C)=[N+](CCC(=O)O)c2c1c1ccccc1c1ccccc21. The lowest BCUT2D eigenvalue weighted by atomic mass is 9.76. The van der Waals surface area contributed by atoms with Gasteiger partial charge in [0.1, 0.15) is 24.7 Å². The number of nitrogens with zero attached hydrogens (tertiary/aromatic N) is 4. The first-order chi connectivity index (χ1) is 27.5. The lowest BCUT2D eigenvalue weighted by Crippen LogP contribution is -2.31. The molecule has 0 atom stereocenters. The van der Waals surface area contributed by atoms with Crippen LogP contribution < -0.4 is 4.90 Å². The normalized spacial score (nSPS) is 16.6. The van der Waals surface area contributed by atoms with E-state index in [1.807, 2.05) is 59.2 Å². The average Bonchev–Trinajstić information content (AvgIpc) is 3.59. The lowest BCUT2D eigenvalue weighted by Gasteiger charge is -2.27. The zero-order valence-corrected chi connectivity index (χ0v) is 32.3. The van der Waals surface area contributed by atoms with E-state index in [0.29, 0.717) is 18.7 Å². The van der Waals surface area contributed by atoms with Crippen molar-refractivity contribution in [2.24, 2.45) is 0 Å². The zero-order valence-electron chi connectivity index (χ0n) is 32.3. The van der Waals surface area contributed by atoms with Crippen LogP contribution in [0.4, 0.5) is 11.4 Å². The Balaban J connectivity index is 1.32. The Morgan fingerprint density at radius 2 is 1.28 bits per heavy atom. The molecule has 6 aromatic rings. The predicted octanol–water partition coefficient (Wildman–Crippen LogP) is 9.90. The standard InChI is InChI=1S/C49H40N4O4/c1-48(2)41(52(25-26-57-30-54)45-39-19-11-7-15-35(39)33-13-5-9-17-37(33)43(45)48)22-21-31(28-50)27-32(29-51)47-49(3,4)44-38-18-10-6-14-34(38)36-16-8-12-20-40(36)46(44)53(47)24-23-42(55)56/h5-22,27,30H,23-26H2,1-4H3/p+1. The minimum atomic E-state index is -0.943. The van der Waals surface area contributed by atoms with E-state index in [1.165, 1.54) is 0 Å². The van der Waals surface area contributed by atoms with Crippen molar-refractivity contribution < 1.29 is 24.0 Å². The number of anilines is 1. The molecular formula is C49H41N4O4+. The molecule has 2 aliphatic heterocycles. The van der Waals surface area contributed by atoms with Crippen LogP contribution in [0, 0.1) is 22.7 Å². The van der Waals surface area contributed by atoms with E-state index in [1.54, 1.807) is 12.2 Å². The molecule has 0 unspecified atom stereocenters. The van der Waals surface area contributed by atoms with Gasteiger partial charge in [0.05, 0.1) is 34.7 Å². The lowest BCUT2D eigenvalue weighted by molar-refractivity contribution is -0.435. The highest BCUT2D eigenvalue weighted by Crippen LogP contribution is 2.54. The Kier molecular flexibility index (Phi) is 9.22. The van der Waals surface area contributed by atoms with Gasteiger partial charge in [0, 0.05) is 22.1 Å². The van der Waals surface area contributed by atoms with Gasteiger partial charge in [-0.15, -0.1) is 0 Å². The van der Waals surface area contributed by atoms with Crippen LogP contribution in [0.5, 0.6) is 0 Å². The number of aliphatic carboxylic acids is 1. The number of rotatable bonds is 10. The van der Waals surface area contributed by atoms with Crippen molar-refractivity contribution >= 4 is 72.6 Å². The molecule has 6 aromatic carbocycles. The molecule has 8 nitrogen and oxygen atoms in total. The summed E-state index contributed by atoms with van der Waals surface area (Å²) in [6.45, 7) is 9.62. The maximum absolute atomic E-state index is 12.1. The molecule has 0 amide bonds. The van der Waals surface area contributed by atoms with Crippen LogP contribution in [0.2, 0.25) is 0 Å². The molecule has 280 valence electrons. The molecule has 2 aliphatic rings. The number of carbonyl (C=O) groups is 2. The van der Waals surface area contributed by atoms with Gasteiger partial charge in [0.2, 0.25) is 11.4 Å². The highest BCUT2D eigenvalue weighted by molar-refractivity contribution is 6.21. The van der Waals surface area contributed by atoms with Crippen LogP contribution in [-0.2, 0) is 25.2 Å². The predicted molar refractivity (Wildman–Crippen MR) is 226 cm³/mol. The van der Waals surface area contributed by atoms with Crippen molar-refractivity contribution in [2.45, 2.75) is 44.9 Å². The molecule has 8 rings (SSSR count). The average molecular weight is 750 g/mol. The van der Waals surface area contributed by atoms with Gasteiger partial charge >= 0.3 is 5.97 Å². The first kappa shape index (κ1) is 36.9. The third-order valence-electron chi connectivity index (χ3n) is 11.7. The summed E-state index contributed by atoms with van der Waals surface area (Å²) in [5, 5.41) is 40.1. The van der Waals surface area contributed by atoms with Crippen LogP contribution >= 0.6 is 0 Å². The Hall–Kier alpha value is -7.03. The topological polar surface area (TPSA) is 117 Å². The Morgan fingerprint density at radius 1 is 0.754 bits per heavy atom. The molecule has 1 N–H and O–H groups in total. The van der Waals surface area contributed by atoms with E-state index in [2.05, 4.69) is 93.3 Å². The van der Waals surface area contributed by atoms with E-state index in [-0.39, 0.29) is 30.7 Å². The Bertz CT molecular complexity index is 2920. The number of carboxylic acid groups (broad SMARTS) is 1. The van der Waals surface area contributed by atoms with Crippen molar-refractivity contribution in [2.75, 3.05) is 24.6 Å². The fourth-order valence-electron chi connectivity index (χ4n) is 9.46. The van der Waals surface area contributed by atoms with Gasteiger partial charge in [-0.3, -0.25) is 9.59 Å². The number of carboxylic acids is 1. The van der Waals surface area contributed by atoms with Crippen molar-refractivity contribution in [3.8, 4) is 12.1 Å². The van der Waals surface area contributed by atoms with Crippen molar-refractivity contribution in [1.82, 2.24) is 0 Å². The third kappa shape index (κ3) is 5.84. The van der Waals surface area contributed by atoms with Crippen LogP contribution in [0.1, 0.15) is 45.2 Å². The van der Waals surface area contributed by atoms with Crippen LogP contribution in [0.25, 0.3) is 43.1 Å². The summed E-state index contributed by atoms with van der Waals surface area (Å²) in [7, 11) is 0. The van der Waals surface area contributed by atoms with E-state index < -0.39 is 16.8 Å². The van der Waals surface area contributed by atoms with Crippen molar-refractivity contribution in [1.29, 1.82) is 10.5 Å². The summed E-state index contributed by atoms with van der Waals surface area (Å²) in [4.78, 5) is 25.5. The number of hydrogen-bond acceptors (Lipinski definition) is 6. The summed E-state index contributed by atoms with van der Waals surface area (Å²) in [6, 6.07) is 37.7. The number of nitriles is 2. The number of hydrogen-bond donors (Lipinski definition) is 1. The smallest absolute Gasteiger partial charge is 0.309 e. The van der Waals surface area contributed by atoms with Gasteiger partial charge in [-0.05, 0) is 76.0 Å². The molecule has 2 heterocycles. The fraction of sp³-hybridized carbons (Fsp3) is 0.204. The number of allylic oxidation sites excluding steroid dienone is 6. The fourth-order valence-corrected chi connectivity index (χ4v) is 9.46. The molecule has 8 heteroatoms. The molecule has 0 spiro atoms. The minimum absolute atomic E-state index is 0.143. The van der Waals surface area contributed by atoms with Crippen LogP contribution in [-0.4, -0.2) is 47.5 Å². The summed E-state index contributed by atoms with van der Waals surface area (Å²) >= 11 is 0. The molecule has 0 aromatic heterocycles. The second-order valence-corrected chi connectivity index (χ2v) is 15.6. The summed E-state index contributed by atoms with van der Waals surface area (Å²) in [5.74, 6) is -0.943. The van der Waals surface area contributed by atoms with E-state index in [4.69, 9.17) is 4.74 Å². The molecule has 57 heavy (non-hydrogen) atoms. The number of ether oxygens (including phenoxy) is 1. The van der Waals surface area contributed by atoms with Gasteiger partial charge in [0.15, 0.2) is 6.54 Å². The summed E-state index contributed by atoms with van der Waals surface area (Å²) < 4.78 is 7.22. The van der Waals surface area contributed by atoms with Crippen molar-refractivity contribution in [3.05, 3.63) is 143 Å². The first-order valence-corrected chi connectivity index (χ1v) is 19.1. The van der Waals surface area contributed by atoms with Gasteiger partial charge in [-0.25, -0.2) is 0 Å².